The number of methoxy groups -OCH3 is 1. The first kappa shape index (κ1) is 16.2. The van der Waals surface area contributed by atoms with E-state index in [9.17, 15) is 0 Å². The second-order valence-electron chi connectivity index (χ2n) is 5.61. The third-order valence-corrected chi connectivity index (χ3v) is 3.62. The first-order chi connectivity index (χ1) is 9.08. The fourth-order valence-electron chi connectivity index (χ4n) is 2.20. The highest BCUT2D eigenvalue weighted by Crippen LogP contribution is 2.22. The number of rotatable bonds is 8. The van der Waals surface area contributed by atoms with Gasteiger partial charge in [-0.3, -0.25) is 0 Å². The average Bonchev–Trinajstić information content (AvgIpc) is 2.43. The number of hydrogen-bond donors (Lipinski definition) is 1. The van der Waals surface area contributed by atoms with E-state index in [1.807, 2.05) is 0 Å². The Morgan fingerprint density at radius 3 is 2.11 bits per heavy atom. The molecule has 1 aromatic carbocycles. The maximum absolute atomic E-state index is 5.40. The highest BCUT2D eigenvalue weighted by atomic mass is 16.5. The van der Waals surface area contributed by atoms with Crippen molar-refractivity contribution < 1.29 is 4.74 Å². The Morgan fingerprint density at radius 2 is 1.63 bits per heavy atom. The lowest BCUT2D eigenvalue weighted by atomic mass is 9.96. The maximum atomic E-state index is 5.40. The van der Waals surface area contributed by atoms with Crippen molar-refractivity contribution in [2.24, 2.45) is 0 Å². The Hall–Kier alpha value is -0.860. The number of hydrogen-bond acceptors (Lipinski definition) is 2. The summed E-state index contributed by atoms with van der Waals surface area (Å²) in [6.07, 6.45) is 2.44. The van der Waals surface area contributed by atoms with Crippen LogP contribution in [0, 0.1) is 0 Å². The maximum Gasteiger partial charge on any atom is 0.0561 e. The van der Waals surface area contributed by atoms with Gasteiger partial charge in [-0.25, -0.2) is 0 Å². The van der Waals surface area contributed by atoms with Crippen molar-refractivity contribution in [1.82, 2.24) is 5.32 Å². The summed E-state index contributed by atoms with van der Waals surface area (Å²) < 4.78 is 5.40. The summed E-state index contributed by atoms with van der Waals surface area (Å²) in [4.78, 5) is 0. The Kier molecular flexibility index (Phi) is 7.11. The summed E-state index contributed by atoms with van der Waals surface area (Å²) in [5, 5.41) is 3.62. The van der Waals surface area contributed by atoms with Crippen molar-refractivity contribution in [2.45, 2.75) is 58.6 Å². The molecule has 2 atom stereocenters. The van der Waals surface area contributed by atoms with Gasteiger partial charge in [0.1, 0.15) is 0 Å². The zero-order valence-electron chi connectivity index (χ0n) is 13.1. The molecule has 0 radical (unpaired) electrons. The van der Waals surface area contributed by atoms with Crippen LogP contribution in [0.1, 0.15) is 63.6 Å². The molecule has 0 aliphatic carbocycles. The SMILES string of the molecule is CCCNC(CC(C)OC)c1ccc(C(C)C)cc1. The summed E-state index contributed by atoms with van der Waals surface area (Å²) in [5.41, 5.74) is 2.76. The first-order valence-corrected chi connectivity index (χ1v) is 7.44. The van der Waals surface area contributed by atoms with Crippen molar-refractivity contribution in [3.8, 4) is 0 Å². The first-order valence-electron chi connectivity index (χ1n) is 7.44. The van der Waals surface area contributed by atoms with Gasteiger partial charge in [-0.2, -0.15) is 0 Å². The summed E-state index contributed by atoms with van der Waals surface area (Å²) in [6, 6.07) is 9.39. The zero-order chi connectivity index (χ0) is 14.3. The van der Waals surface area contributed by atoms with Gasteiger partial charge >= 0.3 is 0 Å². The molecule has 0 bridgehead atoms. The number of benzene rings is 1. The molecule has 2 nitrogen and oxygen atoms in total. The van der Waals surface area contributed by atoms with Crippen molar-refractivity contribution in [1.29, 1.82) is 0 Å². The van der Waals surface area contributed by atoms with E-state index in [4.69, 9.17) is 4.74 Å². The van der Waals surface area contributed by atoms with Crippen LogP contribution >= 0.6 is 0 Å². The molecule has 1 rings (SSSR count). The lowest BCUT2D eigenvalue weighted by Crippen LogP contribution is -2.26. The Bertz CT molecular complexity index is 345. The van der Waals surface area contributed by atoms with Gasteiger partial charge in [0.15, 0.2) is 0 Å². The van der Waals surface area contributed by atoms with Gasteiger partial charge in [0.2, 0.25) is 0 Å². The van der Waals surface area contributed by atoms with Crippen LogP contribution in [0.4, 0.5) is 0 Å². The van der Waals surface area contributed by atoms with Gasteiger partial charge in [0.25, 0.3) is 0 Å². The smallest absolute Gasteiger partial charge is 0.0561 e. The fourth-order valence-corrected chi connectivity index (χ4v) is 2.20. The van der Waals surface area contributed by atoms with Crippen molar-refractivity contribution >= 4 is 0 Å². The molecule has 2 heteroatoms. The zero-order valence-corrected chi connectivity index (χ0v) is 13.1. The van der Waals surface area contributed by atoms with Crippen LogP contribution in [0.3, 0.4) is 0 Å². The molecule has 0 spiro atoms. The quantitative estimate of drug-likeness (QED) is 0.756. The Balaban J connectivity index is 2.77. The average molecular weight is 263 g/mol. The predicted molar refractivity (Wildman–Crippen MR) is 82.7 cm³/mol. The van der Waals surface area contributed by atoms with E-state index in [-0.39, 0.29) is 6.10 Å². The van der Waals surface area contributed by atoms with Gasteiger partial charge in [0.05, 0.1) is 6.10 Å². The molecule has 19 heavy (non-hydrogen) atoms. The minimum atomic E-state index is 0.277. The van der Waals surface area contributed by atoms with Gasteiger partial charge in [-0.05, 0) is 43.4 Å². The monoisotopic (exact) mass is 263 g/mol. The Morgan fingerprint density at radius 1 is 1.05 bits per heavy atom. The molecule has 0 saturated heterocycles. The molecule has 0 aliphatic rings. The molecule has 0 heterocycles. The molecule has 0 aromatic heterocycles. The second kappa shape index (κ2) is 8.34. The van der Waals surface area contributed by atoms with Crippen LogP contribution < -0.4 is 5.32 Å². The van der Waals surface area contributed by atoms with E-state index in [1.54, 1.807) is 7.11 Å². The highest BCUT2D eigenvalue weighted by Gasteiger charge is 2.14. The van der Waals surface area contributed by atoms with Crippen molar-refractivity contribution in [3.05, 3.63) is 35.4 Å². The topological polar surface area (TPSA) is 21.3 Å². The summed E-state index contributed by atoms with van der Waals surface area (Å²) in [7, 11) is 1.78. The van der Waals surface area contributed by atoms with E-state index >= 15 is 0 Å². The molecule has 0 aliphatic heterocycles. The molecule has 1 aromatic rings. The van der Waals surface area contributed by atoms with Gasteiger partial charge < -0.3 is 10.1 Å². The molecule has 0 saturated carbocycles. The van der Waals surface area contributed by atoms with Crippen LogP contribution in [0.2, 0.25) is 0 Å². The largest absolute Gasteiger partial charge is 0.382 e. The van der Waals surface area contributed by atoms with E-state index < -0.39 is 0 Å². The van der Waals surface area contributed by atoms with E-state index in [1.165, 1.54) is 11.1 Å². The van der Waals surface area contributed by atoms with Crippen LogP contribution in [-0.4, -0.2) is 19.8 Å². The molecule has 108 valence electrons. The molecule has 1 N–H and O–H groups in total. The third-order valence-electron chi connectivity index (χ3n) is 3.62. The van der Waals surface area contributed by atoms with Crippen LogP contribution in [0.15, 0.2) is 24.3 Å². The highest BCUT2D eigenvalue weighted by molar-refractivity contribution is 5.27. The summed E-state index contributed by atoms with van der Waals surface area (Å²) >= 11 is 0. The lowest BCUT2D eigenvalue weighted by Gasteiger charge is -2.22. The molecule has 0 fully saturated rings. The van der Waals surface area contributed by atoms with Crippen molar-refractivity contribution in [2.75, 3.05) is 13.7 Å². The molecular formula is C17H29NO. The minimum absolute atomic E-state index is 0.277. The minimum Gasteiger partial charge on any atom is -0.382 e. The fraction of sp³-hybridized carbons (Fsp3) is 0.647. The molecule has 0 amide bonds. The standard InChI is InChI=1S/C17H29NO/c1-6-11-18-17(12-14(4)19-5)16-9-7-15(8-10-16)13(2)3/h7-10,13-14,17-18H,6,11-12H2,1-5H3. The summed E-state index contributed by atoms with van der Waals surface area (Å²) in [6.45, 7) is 9.84. The Labute approximate surface area is 118 Å². The number of ether oxygens (including phenoxy) is 1. The second-order valence-corrected chi connectivity index (χ2v) is 5.61. The van der Waals surface area contributed by atoms with Gasteiger partial charge in [-0.15, -0.1) is 0 Å². The predicted octanol–water partition coefficient (Wildman–Crippen LogP) is 4.28. The van der Waals surface area contributed by atoms with Crippen LogP contribution in [-0.2, 0) is 4.74 Å². The normalized spacial score (nSPS) is 14.6. The molecule has 2 unspecified atom stereocenters. The van der Waals surface area contributed by atoms with Crippen LogP contribution in [0.25, 0.3) is 0 Å². The van der Waals surface area contributed by atoms with E-state index in [0.717, 1.165) is 19.4 Å². The van der Waals surface area contributed by atoms with Gasteiger partial charge in [0, 0.05) is 13.2 Å². The van der Waals surface area contributed by atoms with E-state index in [2.05, 4.69) is 57.3 Å². The summed E-state index contributed by atoms with van der Waals surface area (Å²) in [5.74, 6) is 0.592. The van der Waals surface area contributed by atoms with Gasteiger partial charge in [-0.1, -0.05) is 45.0 Å². The number of nitrogens with one attached hydrogen (secondary N) is 1. The van der Waals surface area contributed by atoms with Crippen molar-refractivity contribution in [3.63, 3.8) is 0 Å². The lowest BCUT2D eigenvalue weighted by molar-refractivity contribution is 0.100. The van der Waals surface area contributed by atoms with Crippen LogP contribution in [0.5, 0.6) is 0 Å². The van der Waals surface area contributed by atoms with E-state index in [0.29, 0.717) is 12.0 Å². The third kappa shape index (κ3) is 5.33. The molecular weight excluding hydrogens is 234 g/mol.